The van der Waals surface area contributed by atoms with Crippen LogP contribution in [0.2, 0.25) is 0 Å². The Morgan fingerprint density at radius 2 is 2.13 bits per heavy atom. The predicted octanol–water partition coefficient (Wildman–Crippen LogP) is 2.77. The quantitative estimate of drug-likeness (QED) is 0.876. The average Bonchev–Trinajstić information content (AvgIpc) is 2.85. The van der Waals surface area contributed by atoms with E-state index < -0.39 is 6.10 Å². The number of carbonyl (C=O) groups is 1. The second-order valence-corrected chi connectivity index (χ2v) is 7.16. The third-order valence-electron chi connectivity index (χ3n) is 4.59. The minimum Gasteiger partial charge on any atom is -0.391 e. The molecule has 2 rings (SSSR count). The standard InChI is InChI=1S/C18H31N3O2/c1-5-10-21(15-8-6-7-9-17(15)22)18(23)16-12-14(11-13(2)3)19-20(16)4/h12-13,15,17,22H,5-11H2,1-4H3/t15-,17-/m1/s1. The fraction of sp³-hybridized carbons (Fsp3) is 0.778. The van der Waals surface area contributed by atoms with Crippen molar-refractivity contribution >= 4 is 5.91 Å². The SMILES string of the molecule is CCCN(C(=O)c1cc(CC(C)C)nn1C)[C@@H]1CCCC[C@H]1O. The first-order valence-electron chi connectivity index (χ1n) is 8.96. The van der Waals surface area contributed by atoms with Crippen LogP contribution in [0.1, 0.15) is 69.1 Å². The number of aliphatic hydroxyl groups is 1. The maximum Gasteiger partial charge on any atom is 0.272 e. The lowest BCUT2D eigenvalue weighted by atomic mass is 9.91. The molecule has 1 heterocycles. The van der Waals surface area contributed by atoms with Crippen molar-refractivity contribution in [2.75, 3.05) is 6.54 Å². The Hall–Kier alpha value is -1.36. The Balaban J connectivity index is 2.21. The zero-order valence-electron chi connectivity index (χ0n) is 15.0. The molecule has 130 valence electrons. The van der Waals surface area contributed by atoms with E-state index >= 15 is 0 Å². The molecule has 0 unspecified atom stereocenters. The topological polar surface area (TPSA) is 58.4 Å². The smallest absolute Gasteiger partial charge is 0.272 e. The van der Waals surface area contributed by atoms with Gasteiger partial charge in [0.2, 0.25) is 0 Å². The molecule has 0 bridgehead atoms. The molecule has 0 radical (unpaired) electrons. The number of rotatable bonds is 6. The first kappa shape index (κ1) is 18.0. The van der Waals surface area contributed by atoms with Gasteiger partial charge in [-0.15, -0.1) is 0 Å². The predicted molar refractivity (Wildman–Crippen MR) is 91.3 cm³/mol. The summed E-state index contributed by atoms with van der Waals surface area (Å²) < 4.78 is 1.69. The lowest BCUT2D eigenvalue weighted by molar-refractivity contribution is 0.0172. The largest absolute Gasteiger partial charge is 0.391 e. The van der Waals surface area contributed by atoms with Crippen LogP contribution in [0.5, 0.6) is 0 Å². The molecule has 5 heteroatoms. The van der Waals surface area contributed by atoms with Crippen molar-refractivity contribution in [3.63, 3.8) is 0 Å². The van der Waals surface area contributed by atoms with Crippen LogP contribution in [-0.2, 0) is 13.5 Å². The second-order valence-electron chi connectivity index (χ2n) is 7.16. The van der Waals surface area contributed by atoms with E-state index in [1.807, 2.05) is 18.0 Å². The van der Waals surface area contributed by atoms with E-state index in [4.69, 9.17) is 0 Å². The first-order chi connectivity index (χ1) is 10.9. The van der Waals surface area contributed by atoms with Gasteiger partial charge in [-0.2, -0.15) is 5.10 Å². The highest BCUT2D eigenvalue weighted by atomic mass is 16.3. The van der Waals surface area contributed by atoms with Crippen molar-refractivity contribution in [2.45, 2.75) is 71.4 Å². The lowest BCUT2D eigenvalue weighted by Gasteiger charge is -2.37. The van der Waals surface area contributed by atoms with Crippen molar-refractivity contribution in [1.29, 1.82) is 0 Å². The third-order valence-corrected chi connectivity index (χ3v) is 4.59. The van der Waals surface area contributed by atoms with Gasteiger partial charge in [0.1, 0.15) is 5.69 Å². The summed E-state index contributed by atoms with van der Waals surface area (Å²) in [5, 5.41) is 14.8. The van der Waals surface area contributed by atoms with E-state index in [1.165, 1.54) is 0 Å². The molecule has 0 spiro atoms. The van der Waals surface area contributed by atoms with Crippen molar-refractivity contribution in [3.05, 3.63) is 17.5 Å². The number of carbonyl (C=O) groups excluding carboxylic acids is 1. The Kier molecular flexibility index (Phi) is 6.22. The lowest BCUT2D eigenvalue weighted by Crippen LogP contribution is -2.49. The zero-order valence-corrected chi connectivity index (χ0v) is 15.0. The van der Waals surface area contributed by atoms with E-state index in [-0.39, 0.29) is 11.9 Å². The molecule has 2 atom stereocenters. The van der Waals surface area contributed by atoms with Gasteiger partial charge in [-0.05, 0) is 37.7 Å². The Morgan fingerprint density at radius 1 is 1.43 bits per heavy atom. The van der Waals surface area contributed by atoms with Gasteiger partial charge in [0.15, 0.2) is 0 Å². The maximum absolute atomic E-state index is 13.1. The molecular weight excluding hydrogens is 290 g/mol. The van der Waals surface area contributed by atoms with Gasteiger partial charge in [-0.1, -0.05) is 33.6 Å². The van der Waals surface area contributed by atoms with Crippen molar-refractivity contribution in [2.24, 2.45) is 13.0 Å². The fourth-order valence-corrected chi connectivity index (χ4v) is 3.51. The molecule has 0 aliphatic heterocycles. The first-order valence-corrected chi connectivity index (χ1v) is 8.96. The Morgan fingerprint density at radius 3 is 2.74 bits per heavy atom. The number of nitrogens with zero attached hydrogens (tertiary/aromatic N) is 3. The average molecular weight is 321 g/mol. The molecule has 1 saturated carbocycles. The molecule has 1 aliphatic rings. The van der Waals surface area contributed by atoms with Crippen molar-refractivity contribution < 1.29 is 9.90 Å². The summed E-state index contributed by atoms with van der Waals surface area (Å²) in [6, 6.07) is 1.86. The van der Waals surface area contributed by atoms with Gasteiger partial charge >= 0.3 is 0 Å². The highest BCUT2D eigenvalue weighted by Crippen LogP contribution is 2.25. The van der Waals surface area contributed by atoms with Gasteiger partial charge < -0.3 is 10.0 Å². The van der Waals surface area contributed by atoms with Crippen LogP contribution >= 0.6 is 0 Å². The minimum atomic E-state index is -0.400. The number of amides is 1. The number of aryl methyl sites for hydroxylation is 1. The summed E-state index contributed by atoms with van der Waals surface area (Å²) >= 11 is 0. The molecule has 1 aliphatic carbocycles. The van der Waals surface area contributed by atoms with E-state index in [2.05, 4.69) is 25.9 Å². The van der Waals surface area contributed by atoms with Crippen LogP contribution in [0.25, 0.3) is 0 Å². The Labute approximate surface area is 139 Å². The fourth-order valence-electron chi connectivity index (χ4n) is 3.51. The number of hydrogen-bond acceptors (Lipinski definition) is 3. The molecule has 5 nitrogen and oxygen atoms in total. The zero-order chi connectivity index (χ0) is 17.0. The van der Waals surface area contributed by atoms with Gasteiger partial charge in [0.25, 0.3) is 5.91 Å². The van der Waals surface area contributed by atoms with Crippen LogP contribution in [0.4, 0.5) is 0 Å². The molecule has 1 fully saturated rings. The second kappa shape index (κ2) is 7.95. The summed E-state index contributed by atoms with van der Waals surface area (Å²) in [6.07, 6.45) is 5.19. The molecule has 0 saturated heterocycles. The molecule has 1 N–H and O–H groups in total. The third kappa shape index (κ3) is 4.34. The van der Waals surface area contributed by atoms with Gasteiger partial charge in [-0.25, -0.2) is 0 Å². The summed E-state index contributed by atoms with van der Waals surface area (Å²) in [5.74, 6) is 0.516. The van der Waals surface area contributed by atoms with Crippen LogP contribution in [0.3, 0.4) is 0 Å². The molecule has 1 aromatic heterocycles. The molecular formula is C18H31N3O2. The van der Waals surface area contributed by atoms with Crippen molar-refractivity contribution in [1.82, 2.24) is 14.7 Å². The van der Waals surface area contributed by atoms with Crippen molar-refractivity contribution in [3.8, 4) is 0 Å². The molecule has 0 aromatic carbocycles. The van der Waals surface area contributed by atoms with E-state index in [1.54, 1.807) is 4.68 Å². The molecule has 1 amide bonds. The van der Waals surface area contributed by atoms with Gasteiger partial charge in [-0.3, -0.25) is 9.48 Å². The highest BCUT2D eigenvalue weighted by molar-refractivity contribution is 5.93. The normalized spacial score (nSPS) is 21.7. The molecule has 23 heavy (non-hydrogen) atoms. The number of aliphatic hydroxyl groups excluding tert-OH is 1. The van der Waals surface area contributed by atoms with Crippen LogP contribution < -0.4 is 0 Å². The summed E-state index contributed by atoms with van der Waals surface area (Å²) in [6.45, 7) is 7.06. The maximum atomic E-state index is 13.1. The van der Waals surface area contributed by atoms with E-state index in [0.29, 0.717) is 18.2 Å². The molecule has 1 aromatic rings. The van der Waals surface area contributed by atoms with Crippen LogP contribution in [0, 0.1) is 5.92 Å². The van der Waals surface area contributed by atoms with Crippen LogP contribution in [-0.4, -0.2) is 44.4 Å². The number of aromatic nitrogens is 2. The highest BCUT2D eigenvalue weighted by Gasteiger charge is 2.33. The Bertz CT molecular complexity index is 524. The summed E-state index contributed by atoms with van der Waals surface area (Å²) in [5.41, 5.74) is 1.60. The van der Waals surface area contributed by atoms with Gasteiger partial charge in [0.05, 0.1) is 17.8 Å². The summed E-state index contributed by atoms with van der Waals surface area (Å²) in [4.78, 5) is 14.9. The summed E-state index contributed by atoms with van der Waals surface area (Å²) in [7, 11) is 1.83. The van der Waals surface area contributed by atoms with Gasteiger partial charge in [0, 0.05) is 13.6 Å². The minimum absolute atomic E-state index is 0.00260. The monoisotopic (exact) mass is 321 g/mol. The van der Waals surface area contributed by atoms with E-state index in [9.17, 15) is 9.90 Å². The van der Waals surface area contributed by atoms with E-state index in [0.717, 1.165) is 44.2 Å². The van der Waals surface area contributed by atoms with Crippen LogP contribution in [0.15, 0.2) is 6.07 Å². The number of hydrogen-bond donors (Lipinski definition) is 1.